The number of carbonyl (C=O) groups is 5. The quantitative estimate of drug-likeness (QED) is 0.133. The molecule has 0 radical (unpaired) electrons. The third kappa shape index (κ3) is 10.1. The monoisotopic (exact) mass is 436 g/mol. The summed E-state index contributed by atoms with van der Waals surface area (Å²) in [5, 5.41) is 9.56. The van der Waals surface area contributed by atoms with Crippen molar-refractivity contribution in [1.82, 2.24) is 26.7 Å². The number of hydrogen-bond donors (Lipinski definition) is 6. The zero-order valence-electron chi connectivity index (χ0n) is 17.4. The second-order valence-electron chi connectivity index (χ2n) is 6.40. The molecule has 0 bridgehead atoms. The summed E-state index contributed by atoms with van der Waals surface area (Å²) in [6.07, 6.45) is -0.565. The van der Waals surface area contributed by atoms with Gasteiger partial charge in [0.15, 0.2) is 0 Å². The maximum atomic E-state index is 12.5. The molecule has 1 aromatic rings. The molecule has 7 N–H and O–H groups in total. The number of benzene rings is 1. The minimum Gasteiger partial charge on any atom is -0.450 e. The Morgan fingerprint density at radius 1 is 0.935 bits per heavy atom. The minimum absolute atomic E-state index is 0.140. The molecular formula is C19H28N6O6. The van der Waals surface area contributed by atoms with Crippen LogP contribution in [0.1, 0.15) is 19.4 Å². The number of amides is 5. The van der Waals surface area contributed by atoms with E-state index in [0.717, 1.165) is 5.56 Å². The van der Waals surface area contributed by atoms with Crippen LogP contribution < -0.4 is 32.5 Å². The molecule has 0 saturated carbocycles. The maximum absolute atomic E-state index is 12.5. The molecule has 0 saturated heterocycles. The predicted octanol–water partition coefficient (Wildman–Crippen LogP) is -1.93. The van der Waals surface area contributed by atoms with E-state index in [1.54, 1.807) is 31.2 Å². The number of ether oxygens (including phenoxy) is 1. The summed E-state index contributed by atoms with van der Waals surface area (Å²) in [7, 11) is 0. The first kappa shape index (κ1) is 25.4. The van der Waals surface area contributed by atoms with Crippen molar-refractivity contribution in [3.8, 4) is 0 Å². The van der Waals surface area contributed by atoms with E-state index in [0.29, 0.717) is 0 Å². The van der Waals surface area contributed by atoms with Gasteiger partial charge in [0.1, 0.15) is 12.1 Å². The molecule has 12 nitrogen and oxygen atoms in total. The summed E-state index contributed by atoms with van der Waals surface area (Å²) < 4.78 is 4.82. The second-order valence-corrected chi connectivity index (χ2v) is 6.40. The highest BCUT2D eigenvalue weighted by Gasteiger charge is 2.23. The van der Waals surface area contributed by atoms with E-state index in [2.05, 4.69) is 21.3 Å². The molecule has 1 rings (SSSR count). The van der Waals surface area contributed by atoms with Crippen LogP contribution in [-0.2, 0) is 30.3 Å². The third-order valence-corrected chi connectivity index (χ3v) is 3.94. The van der Waals surface area contributed by atoms with Crippen molar-refractivity contribution < 1.29 is 28.7 Å². The van der Waals surface area contributed by atoms with Crippen LogP contribution in [-0.4, -0.2) is 61.5 Å². The van der Waals surface area contributed by atoms with E-state index in [1.165, 1.54) is 6.92 Å². The Bertz CT molecular complexity index is 772. The molecular weight excluding hydrogens is 408 g/mol. The molecule has 1 aromatic carbocycles. The van der Waals surface area contributed by atoms with Crippen molar-refractivity contribution in [3.63, 3.8) is 0 Å². The number of carbonyl (C=O) groups excluding carboxylic acids is 5. The van der Waals surface area contributed by atoms with Crippen LogP contribution in [0, 0.1) is 0 Å². The van der Waals surface area contributed by atoms with Gasteiger partial charge in [0.25, 0.3) is 5.91 Å². The average molecular weight is 436 g/mol. The third-order valence-electron chi connectivity index (χ3n) is 3.94. The highest BCUT2D eigenvalue weighted by molar-refractivity contribution is 5.93. The average Bonchev–Trinajstić information content (AvgIpc) is 2.75. The van der Waals surface area contributed by atoms with Crippen molar-refractivity contribution in [2.45, 2.75) is 32.4 Å². The Labute approximate surface area is 179 Å². The van der Waals surface area contributed by atoms with Crippen molar-refractivity contribution in [2.75, 3.05) is 19.7 Å². The summed E-state index contributed by atoms with van der Waals surface area (Å²) >= 11 is 0. The van der Waals surface area contributed by atoms with Gasteiger partial charge in [-0.3, -0.25) is 24.6 Å². The molecule has 0 aromatic heterocycles. The van der Waals surface area contributed by atoms with Crippen molar-refractivity contribution in [1.29, 1.82) is 0 Å². The van der Waals surface area contributed by atoms with Gasteiger partial charge in [0.05, 0.1) is 19.7 Å². The van der Waals surface area contributed by atoms with Crippen LogP contribution in [0.2, 0.25) is 0 Å². The molecule has 0 aliphatic rings. The number of hydrazine groups is 1. The van der Waals surface area contributed by atoms with E-state index in [9.17, 15) is 24.0 Å². The summed E-state index contributed by atoms with van der Waals surface area (Å²) in [6.45, 7) is 2.43. The fourth-order valence-electron chi connectivity index (χ4n) is 2.39. The zero-order chi connectivity index (χ0) is 23.2. The van der Waals surface area contributed by atoms with Gasteiger partial charge in [-0.05, 0) is 19.4 Å². The molecule has 170 valence electrons. The van der Waals surface area contributed by atoms with E-state index in [-0.39, 0.29) is 19.6 Å². The Morgan fingerprint density at radius 2 is 1.55 bits per heavy atom. The van der Waals surface area contributed by atoms with Crippen LogP contribution in [0.4, 0.5) is 4.79 Å². The minimum atomic E-state index is -0.968. The smallest absolute Gasteiger partial charge is 0.407 e. The Balaban J connectivity index is 2.58. The lowest BCUT2D eigenvalue weighted by molar-refractivity contribution is -0.130. The van der Waals surface area contributed by atoms with Gasteiger partial charge in [0, 0.05) is 6.42 Å². The fraction of sp³-hybridized carbons (Fsp3) is 0.421. The first-order valence-electron chi connectivity index (χ1n) is 9.58. The predicted molar refractivity (Wildman–Crippen MR) is 110 cm³/mol. The SMILES string of the molecule is CCOC(=O)N[C@@H](Cc1ccccc1)C(=O)NCC(=O)N[C@@H](C)C(=O)NCC(=O)NN. The molecule has 0 spiro atoms. The number of hydrogen-bond acceptors (Lipinski definition) is 7. The molecule has 2 atom stereocenters. The summed E-state index contributed by atoms with van der Waals surface area (Å²) in [5.41, 5.74) is 2.66. The Kier molecular flexibility index (Phi) is 11.1. The molecule has 5 amide bonds. The number of nitrogens with two attached hydrogens (primary N) is 1. The van der Waals surface area contributed by atoms with E-state index in [4.69, 9.17) is 10.6 Å². The topological polar surface area (TPSA) is 181 Å². The summed E-state index contributed by atoms with van der Waals surface area (Å²) in [6, 6.07) is 7.09. The van der Waals surface area contributed by atoms with Gasteiger partial charge in [-0.25, -0.2) is 10.6 Å². The Hall–Kier alpha value is -3.67. The molecule has 0 unspecified atom stereocenters. The lowest BCUT2D eigenvalue weighted by Crippen LogP contribution is -2.52. The summed E-state index contributed by atoms with van der Waals surface area (Å²) in [4.78, 5) is 59.2. The first-order chi connectivity index (χ1) is 14.8. The normalized spacial score (nSPS) is 12.0. The molecule has 0 heterocycles. The van der Waals surface area contributed by atoms with Crippen LogP contribution in [0.5, 0.6) is 0 Å². The van der Waals surface area contributed by atoms with Crippen molar-refractivity contribution in [2.24, 2.45) is 5.84 Å². The zero-order valence-corrected chi connectivity index (χ0v) is 17.4. The lowest BCUT2D eigenvalue weighted by atomic mass is 10.1. The fourth-order valence-corrected chi connectivity index (χ4v) is 2.39. The van der Waals surface area contributed by atoms with Crippen molar-refractivity contribution in [3.05, 3.63) is 35.9 Å². The number of alkyl carbamates (subject to hydrolysis) is 1. The lowest BCUT2D eigenvalue weighted by Gasteiger charge is -2.19. The van der Waals surface area contributed by atoms with Gasteiger partial charge in [-0.2, -0.15) is 0 Å². The molecule has 0 fully saturated rings. The molecule has 12 heteroatoms. The van der Waals surface area contributed by atoms with E-state index in [1.807, 2.05) is 11.5 Å². The molecule has 0 aliphatic carbocycles. The molecule has 0 aliphatic heterocycles. The van der Waals surface area contributed by atoms with Crippen LogP contribution in [0.25, 0.3) is 0 Å². The van der Waals surface area contributed by atoms with Gasteiger partial charge in [-0.15, -0.1) is 0 Å². The highest BCUT2D eigenvalue weighted by atomic mass is 16.5. The second kappa shape index (κ2) is 13.5. The van der Waals surface area contributed by atoms with Crippen molar-refractivity contribution >= 4 is 29.7 Å². The van der Waals surface area contributed by atoms with Gasteiger partial charge in [-0.1, -0.05) is 30.3 Å². The van der Waals surface area contributed by atoms with Crippen LogP contribution >= 0.6 is 0 Å². The standard InChI is InChI=1S/C19H28N6O6/c1-3-31-19(30)24-14(9-13-7-5-4-6-8-13)18(29)22-10-15(26)23-12(2)17(28)21-11-16(27)25-20/h4-8,12,14H,3,9-11,20H2,1-2H3,(H,21,28)(H,22,29)(H,23,26)(H,24,30)(H,25,27)/t12-,14-/m0/s1. The first-order valence-corrected chi connectivity index (χ1v) is 9.58. The largest absolute Gasteiger partial charge is 0.450 e. The van der Waals surface area contributed by atoms with Crippen LogP contribution in [0.15, 0.2) is 30.3 Å². The van der Waals surface area contributed by atoms with E-state index < -0.39 is 48.4 Å². The van der Waals surface area contributed by atoms with Gasteiger partial charge >= 0.3 is 6.09 Å². The number of rotatable bonds is 11. The highest BCUT2D eigenvalue weighted by Crippen LogP contribution is 2.04. The van der Waals surface area contributed by atoms with E-state index >= 15 is 0 Å². The van der Waals surface area contributed by atoms with Gasteiger partial charge in [0.2, 0.25) is 17.7 Å². The number of nitrogens with one attached hydrogen (secondary N) is 5. The Morgan fingerprint density at radius 3 is 2.16 bits per heavy atom. The molecule has 31 heavy (non-hydrogen) atoms. The maximum Gasteiger partial charge on any atom is 0.407 e. The van der Waals surface area contributed by atoms with Gasteiger partial charge < -0.3 is 26.0 Å². The van der Waals surface area contributed by atoms with Crippen LogP contribution in [0.3, 0.4) is 0 Å². The summed E-state index contributed by atoms with van der Waals surface area (Å²) in [5.74, 6) is 2.48.